The highest BCUT2D eigenvalue weighted by Gasteiger charge is 2.30. The van der Waals surface area contributed by atoms with Crippen molar-refractivity contribution in [3.8, 4) is 0 Å². The van der Waals surface area contributed by atoms with Gasteiger partial charge in [0, 0.05) is 18.7 Å². The zero-order valence-corrected chi connectivity index (χ0v) is 12.5. The van der Waals surface area contributed by atoms with Crippen molar-refractivity contribution < 1.29 is 8.42 Å². The number of sulfonamides is 1. The van der Waals surface area contributed by atoms with Crippen molar-refractivity contribution >= 4 is 27.2 Å². The smallest absolute Gasteiger partial charge is 0.243 e. The summed E-state index contributed by atoms with van der Waals surface area (Å²) in [6.07, 6.45) is 2.26. The Kier molecular flexibility index (Phi) is 4.23. The lowest BCUT2D eigenvalue weighted by Crippen LogP contribution is -2.32. The molecule has 2 rings (SSSR count). The molecular formula is C13H18N2O2S2. The Morgan fingerprint density at radius 3 is 2.37 bits per heavy atom. The van der Waals surface area contributed by atoms with E-state index in [1.165, 1.54) is 0 Å². The Morgan fingerprint density at radius 1 is 1.37 bits per heavy atom. The molecule has 0 radical (unpaired) electrons. The molecule has 6 heteroatoms. The van der Waals surface area contributed by atoms with Gasteiger partial charge < -0.3 is 5.73 Å². The maximum Gasteiger partial charge on any atom is 0.243 e. The highest BCUT2D eigenvalue weighted by Crippen LogP contribution is 2.31. The first-order chi connectivity index (χ1) is 8.95. The number of thiocarbonyl (C=S) groups is 1. The molecule has 1 aromatic carbocycles. The van der Waals surface area contributed by atoms with Crippen LogP contribution in [-0.2, 0) is 10.0 Å². The molecule has 2 N–H and O–H groups in total. The van der Waals surface area contributed by atoms with Crippen LogP contribution in [0.4, 0.5) is 0 Å². The molecule has 0 aromatic heterocycles. The summed E-state index contributed by atoms with van der Waals surface area (Å²) in [5.41, 5.74) is 6.18. The van der Waals surface area contributed by atoms with E-state index in [9.17, 15) is 8.42 Å². The van der Waals surface area contributed by atoms with E-state index >= 15 is 0 Å². The van der Waals surface area contributed by atoms with Gasteiger partial charge in [0.15, 0.2) is 0 Å². The largest absolute Gasteiger partial charge is 0.389 e. The van der Waals surface area contributed by atoms with Crippen LogP contribution in [-0.4, -0.2) is 30.8 Å². The van der Waals surface area contributed by atoms with Gasteiger partial charge in [0.05, 0.1) is 4.90 Å². The third-order valence-corrected chi connectivity index (χ3v) is 5.48. The third-order valence-electron chi connectivity index (χ3n) is 3.29. The van der Waals surface area contributed by atoms with Crippen LogP contribution >= 0.6 is 12.2 Å². The first kappa shape index (κ1) is 14.4. The van der Waals surface area contributed by atoms with Crippen molar-refractivity contribution in [1.29, 1.82) is 0 Å². The second kappa shape index (κ2) is 5.56. The van der Waals surface area contributed by atoms with Gasteiger partial charge in [0.1, 0.15) is 4.99 Å². The van der Waals surface area contributed by atoms with Crippen LogP contribution in [0.2, 0.25) is 0 Å². The Balaban J connectivity index is 2.23. The van der Waals surface area contributed by atoms with Gasteiger partial charge >= 0.3 is 0 Å². The fourth-order valence-electron chi connectivity index (χ4n) is 1.93. The second-order valence-corrected chi connectivity index (χ2v) is 7.17. The van der Waals surface area contributed by atoms with Crippen LogP contribution in [0.25, 0.3) is 0 Å². The van der Waals surface area contributed by atoms with Crippen molar-refractivity contribution in [1.82, 2.24) is 4.31 Å². The molecule has 0 unspecified atom stereocenters. The standard InChI is InChI=1S/C13H18N2O2S2/c1-2-15(9-10-3-4-10)19(16,17)12-7-5-11(6-8-12)13(14)18/h5-8,10H,2-4,9H2,1H3,(H2,14,18). The predicted molar refractivity (Wildman–Crippen MR) is 79.5 cm³/mol. The van der Waals surface area contributed by atoms with Crippen LogP contribution in [0.3, 0.4) is 0 Å². The van der Waals surface area contributed by atoms with Gasteiger partial charge in [0.2, 0.25) is 10.0 Å². The van der Waals surface area contributed by atoms with E-state index in [-0.39, 0.29) is 4.99 Å². The van der Waals surface area contributed by atoms with E-state index in [4.69, 9.17) is 18.0 Å². The number of nitrogens with two attached hydrogens (primary N) is 1. The molecule has 1 fully saturated rings. The molecule has 0 aliphatic heterocycles. The molecule has 19 heavy (non-hydrogen) atoms. The Bertz CT molecular complexity index is 563. The van der Waals surface area contributed by atoms with Gasteiger partial charge in [-0.1, -0.05) is 31.3 Å². The van der Waals surface area contributed by atoms with E-state index in [1.807, 2.05) is 6.92 Å². The van der Waals surface area contributed by atoms with Crippen LogP contribution in [0.5, 0.6) is 0 Å². The quantitative estimate of drug-likeness (QED) is 0.813. The third kappa shape index (κ3) is 3.32. The van der Waals surface area contributed by atoms with E-state index in [1.54, 1.807) is 28.6 Å². The van der Waals surface area contributed by atoms with Gasteiger partial charge in [-0.2, -0.15) is 4.31 Å². The summed E-state index contributed by atoms with van der Waals surface area (Å²) in [5, 5.41) is 0. The lowest BCUT2D eigenvalue weighted by Gasteiger charge is -2.20. The topological polar surface area (TPSA) is 63.4 Å². The summed E-state index contributed by atoms with van der Waals surface area (Å²) in [7, 11) is -3.40. The number of nitrogens with zero attached hydrogens (tertiary/aromatic N) is 1. The van der Waals surface area contributed by atoms with Gasteiger partial charge in [-0.25, -0.2) is 8.42 Å². The zero-order valence-electron chi connectivity index (χ0n) is 10.9. The number of benzene rings is 1. The Hall–Kier alpha value is -0.980. The van der Waals surface area contributed by atoms with Crippen LogP contribution in [0.15, 0.2) is 29.2 Å². The molecule has 104 valence electrons. The first-order valence-corrected chi connectivity index (χ1v) is 8.20. The van der Waals surface area contributed by atoms with Gasteiger partial charge in [-0.05, 0) is 30.9 Å². The van der Waals surface area contributed by atoms with Crippen molar-refractivity contribution in [3.05, 3.63) is 29.8 Å². The predicted octanol–water partition coefficient (Wildman–Crippen LogP) is 1.74. The molecule has 1 aliphatic carbocycles. The molecule has 0 spiro atoms. The monoisotopic (exact) mass is 298 g/mol. The molecule has 0 heterocycles. The van der Waals surface area contributed by atoms with Crippen LogP contribution in [0.1, 0.15) is 25.3 Å². The normalized spacial score (nSPS) is 15.7. The van der Waals surface area contributed by atoms with Gasteiger partial charge in [-0.15, -0.1) is 0 Å². The summed E-state index contributed by atoms with van der Waals surface area (Å²) in [6.45, 7) is 2.98. The molecule has 1 saturated carbocycles. The molecular weight excluding hydrogens is 280 g/mol. The summed E-state index contributed by atoms with van der Waals surface area (Å²) in [4.78, 5) is 0.573. The molecule has 0 bridgehead atoms. The van der Waals surface area contributed by atoms with Crippen molar-refractivity contribution in [2.24, 2.45) is 11.7 Å². The maximum atomic E-state index is 12.5. The van der Waals surface area contributed by atoms with Crippen molar-refractivity contribution in [2.75, 3.05) is 13.1 Å². The minimum absolute atomic E-state index is 0.272. The fourth-order valence-corrected chi connectivity index (χ4v) is 3.59. The van der Waals surface area contributed by atoms with E-state index in [0.29, 0.717) is 29.5 Å². The van der Waals surface area contributed by atoms with E-state index in [0.717, 1.165) is 12.8 Å². The molecule has 0 saturated heterocycles. The molecule has 1 aromatic rings. The number of hydrogen-bond donors (Lipinski definition) is 1. The Labute approximate surface area is 119 Å². The average molecular weight is 298 g/mol. The molecule has 4 nitrogen and oxygen atoms in total. The summed E-state index contributed by atoms with van der Waals surface area (Å²) in [5.74, 6) is 0.533. The number of hydrogen-bond acceptors (Lipinski definition) is 3. The van der Waals surface area contributed by atoms with Gasteiger partial charge in [0.25, 0.3) is 0 Å². The fraction of sp³-hybridized carbons (Fsp3) is 0.462. The minimum Gasteiger partial charge on any atom is -0.389 e. The SMILES string of the molecule is CCN(CC1CC1)S(=O)(=O)c1ccc(C(N)=S)cc1. The Morgan fingerprint density at radius 2 is 1.95 bits per heavy atom. The highest BCUT2D eigenvalue weighted by molar-refractivity contribution is 7.89. The summed E-state index contributed by atoms with van der Waals surface area (Å²) >= 11 is 4.86. The summed E-state index contributed by atoms with van der Waals surface area (Å²) < 4.78 is 26.5. The first-order valence-electron chi connectivity index (χ1n) is 6.35. The van der Waals surface area contributed by atoms with Crippen LogP contribution < -0.4 is 5.73 Å². The minimum atomic E-state index is -3.40. The molecule has 0 amide bonds. The average Bonchev–Trinajstić information content (AvgIpc) is 3.19. The van der Waals surface area contributed by atoms with E-state index in [2.05, 4.69) is 0 Å². The maximum absolute atomic E-state index is 12.5. The second-order valence-electron chi connectivity index (χ2n) is 4.79. The van der Waals surface area contributed by atoms with Crippen molar-refractivity contribution in [3.63, 3.8) is 0 Å². The lowest BCUT2D eigenvalue weighted by molar-refractivity contribution is 0.412. The van der Waals surface area contributed by atoms with Crippen LogP contribution in [0, 0.1) is 5.92 Å². The molecule has 0 atom stereocenters. The van der Waals surface area contributed by atoms with Gasteiger partial charge in [-0.3, -0.25) is 0 Å². The summed E-state index contributed by atoms with van der Waals surface area (Å²) in [6, 6.07) is 6.44. The lowest BCUT2D eigenvalue weighted by atomic mass is 10.2. The zero-order chi connectivity index (χ0) is 14.0. The molecule has 1 aliphatic rings. The van der Waals surface area contributed by atoms with E-state index < -0.39 is 10.0 Å². The van der Waals surface area contributed by atoms with Crippen molar-refractivity contribution in [2.45, 2.75) is 24.7 Å². The highest BCUT2D eigenvalue weighted by atomic mass is 32.2. The number of rotatable bonds is 6.